The molecular weight excluding hydrogens is 294 g/mol. The number of carboxylic acid groups (broad SMARTS) is 1. The maximum Gasteiger partial charge on any atom is 0.323 e. The molecular formula is C13H17N3O4S. The zero-order valence-corrected chi connectivity index (χ0v) is 12.7. The molecule has 0 fully saturated rings. The van der Waals surface area contributed by atoms with Crippen LogP contribution in [0.1, 0.15) is 11.4 Å². The summed E-state index contributed by atoms with van der Waals surface area (Å²) in [6.45, 7) is 2.14. The number of imidazole rings is 1. The first kappa shape index (κ1) is 15.5. The second-order valence-corrected chi connectivity index (χ2v) is 5.48. The van der Waals surface area contributed by atoms with Gasteiger partial charge in [0.15, 0.2) is 4.96 Å². The standard InChI is InChI=1S/C13H17N3O4S/c1-9-6-16-10(8-21-13(16)14-9)5-11(17)15(3-4-20-2)7-12(18)19/h6,8H,3-5,7H2,1-2H3,(H,18,19). The molecule has 0 aromatic carbocycles. The Balaban J connectivity index is 2.11. The number of aryl methyl sites for hydroxylation is 1. The number of carboxylic acids is 1. The van der Waals surface area contributed by atoms with Crippen LogP contribution in [0.2, 0.25) is 0 Å². The summed E-state index contributed by atoms with van der Waals surface area (Å²) in [5, 5.41) is 10.8. The van der Waals surface area contributed by atoms with Crippen molar-refractivity contribution in [2.75, 3.05) is 26.8 Å². The number of aliphatic carboxylic acids is 1. The monoisotopic (exact) mass is 311 g/mol. The number of ether oxygens (including phenoxy) is 1. The van der Waals surface area contributed by atoms with Gasteiger partial charge >= 0.3 is 5.97 Å². The molecule has 2 rings (SSSR count). The van der Waals surface area contributed by atoms with E-state index in [9.17, 15) is 9.59 Å². The molecule has 0 saturated heterocycles. The average molecular weight is 311 g/mol. The normalized spacial score (nSPS) is 11.0. The Bertz CT molecular complexity index is 649. The first-order chi connectivity index (χ1) is 10.0. The summed E-state index contributed by atoms with van der Waals surface area (Å²) in [6, 6.07) is 0. The first-order valence-electron chi connectivity index (χ1n) is 6.42. The van der Waals surface area contributed by atoms with E-state index < -0.39 is 5.97 Å². The summed E-state index contributed by atoms with van der Waals surface area (Å²) >= 11 is 1.46. The van der Waals surface area contributed by atoms with Crippen molar-refractivity contribution in [1.29, 1.82) is 0 Å². The molecule has 8 heteroatoms. The van der Waals surface area contributed by atoms with E-state index in [1.807, 2.05) is 22.9 Å². The van der Waals surface area contributed by atoms with Gasteiger partial charge in [-0.05, 0) is 6.92 Å². The van der Waals surface area contributed by atoms with Crippen LogP contribution in [0, 0.1) is 6.92 Å². The van der Waals surface area contributed by atoms with Crippen molar-refractivity contribution in [1.82, 2.24) is 14.3 Å². The van der Waals surface area contributed by atoms with Crippen LogP contribution < -0.4 is 0 Å². The van der Waals surface area contributed by atoms with E-state index in [0.717, 1.165) is 16.3 Å². The van der Waals surface area contributed by atoms with E-state index in [1.165, 1.54) is 23.3 Å². The van der Waals surface area contributed by atoms with Gasteiger partial charge in [-0.2, -0.15) is 0 Å². The van der Waals surface area contributed by atoms with Crippen molar-refractivity contribution in [3.8, 4) is 0 Å². The fraction of sp³-hybridized carbons (Fsp3) is 0.462. The molecule has 0 radical (unpaired) electrons. The van der Waals surface area contributed by atoms with Crippen LogP contribution in [-0.4, -0.2) is 58.1 Å². The van der Waals surface area contributed by atoms with Gasteiger partial charge in [0.05, 0.1) is 18.7 Å². The van der Waals surface area contributed by atoms with Gasteiger partial charge in [-0.25, -0.2) is 4.98 Å². The maximum absolute atomic E-state index is 12.3. The van der Waals surface area contributed by atoms with Crippen LogP contribution in [0.4, 0.5) is 0 Å². The number of hydrogen-bond donors (Lipinski definition) is 1. The van der Waals surface area contributed by atoms with Crippen LogP contribution in [0.3, 0.4) is 0 Å². The molecule has 114 valence electrons. The third-order valence-electron chi connectivity index (χ3n) is 2.98. The van der Waals surface area contributed by atoms with Gasteiger partial charge in [0, 0.05) is 30.9 Å². The summed E-state index contributed by atoms with van der Waals surface area (Å²) in [5.74, 6) is -1.27. The summed E-state index contributed by atoms with van der Waals surface area (Å²) in [6.07, 6.45) is 2.01. The molecule has 1 amide bonds. The Morgan fingerprint density at radius 1 is 1.52 bits per heavy atom. The zero-order chi connectivity index (χ0) is 15.4. The minimum atomic E-state index is -1.03. The Labute approximate surface area is 125 Å². The van der Waals surface area contributed by atoms with Crippen LogP contribution in [-0.2, 0) is 20.7 Å². The average Bonchev–Trinajstić information content (AvgIpc) is 2.94. The number of hydrogen-bond acceptors (Lipinski definition) is 5. The summed E-state index contributed by atoms with van der Waals surface area (Å²) in [5.41, 5.74) is 1.70. The molecule has 1 N–H and O–H groups in total. The molecule has 0 aliphatic heterocycles. The predicted molar refractivity (Wildman–Crippen MR) is 77.6 cm³/mol. The maximum atomic E-state index is 12.3. The molecule has 0 atom stereocenters. The van der Waals surface area contributed by atoms with Crippen LogP contribution in [0.15, 0.2) is 11.6 Å². The van der Waals surface area contributed by atoms with Crippen LogP contribution >= 0.6 is 11.3 Å². The highest BCUT2D eigenvalue weighted by molar-refractivity contribution is 7.15. The lowest BCUT2D eigenvalue weighted by Crippen LogP contribution is -2.39. The largest absolute Gasteiger partial charge is 0.480 e. The van der Waals surface area contributed by atoms with E-state index in [-0.39, 0.29) is 25.4 Å². The lowest BCUT2D eigenvalue weighted by Gasteiger charge is -2.20. The summed E-state index contributed by atoms with van der Waals surface area (Å²) < 4.78 is 6.78. The van der Waals surface area contributed by atoms with Crippen molar-refractivity contribution in [2.45, 2.75) is 13.3 Å². The predicted octanol–water partition coefficient (Wildman–Crippen LogP) is 0.806. The Morgan fingerprint density at radius 3 is 2.95 bits per heavy atom. The molecule has 0 aliphatic carbocycles. The number of nitrogens with zero attached hydrogens (tertiary/aromatic N) is 3. The number of carbonyl (C=O) groups excluding carboxylic acids is 1. The molecule has 21 heavy (non-hydrogen) atoms. The van der Waals surface area contributed by atoms with Crippen molar-refractivity contribution < 1.29 is 19.4 Å². The number of carbonyl (C=O) groups is 2. The lowest BCUT2D eigenvalue weighted by molar-refractivity contribution is -0.144. The third-order valence-corrected chi connectivity index (χ3v) is 3.87. The first-order valence-corrected chi connectivity index (χ1v) is 7.29. The highest BCUT2D eigenvalue weighted by Gasteiger charge is 2.19. The molecule has 7 nitrogen and oxygen atoms in total. The summed E-state index contributed by atoms with van der Waals surface area (Å²) in [7, 11) is 1.51. The minimum absolute atomic E-state index is 0.146. The molecule has 2 heterocycles. The number of methoxy groups -OCH3 is 1. The molecule has 0 spiro atoms. The number of thiazole rings is 1. The highest BCUT2D eigenvalue weighted by atomic mass is 32.1. The van der Waals surface area contributed by atoms with E-state index in [2.05, 4.69) is 4.98 Å². The fourth-order valence-electron chi connectivity index (χ4n) is 1.99. The van der Waals surface area contributed by atoms with E-state index >= 15 is 0 Å². The van der Waals surface area contributed by atoms with E-state index in [0.29, 0.717) is 6.61 Å². The molecule has 2 aromatic rings. The van der Waals surface area contributed by atoms with Gasteiger partial charge in [-0.15, -0.1) is 11.3 Å². The minimum Gasteiger partial charge on any atom is -0.480 e. The SMILES string of the molecule is COCCN(CC(=O)O)C(=O)Cc1csc2nc(C)cn12. The fourth-order valence-corrected chi connectivity index (χ4v) is 2.91. The highest BCUT2D eigenvalue weighted by Crippen LogP contribution is 2.17. The molecule has 0 bridgehead atoms. The van der Waals surface area contributed by atoms with Gasteiger partial charge in [-0.1, -0.05) is 0 Å². The zero-order valence-electron chi connectivity index (χ0n) is 11.9. The van der Waals surface area contributed by atoms with Crippen molar-refractivity contribution in [3.63, 3.8) is 0 Å². The Hall–Kier alpha value is -1.93. The van der Waals surface area contributed by atoms with Crippen LogP contribution in [0.25, 0.3) is 4.96 Å². The number of aromatic nitrogens is 2. The summed E-state index contributed by atoms with van der Waals surface area (Å²) in [4.78, 5) is 29.6. The van der Waals surface area contributed by atoms with Crippen molar-refractivity contribution in [3.05, 3.63) is 23.0 Å². The lowest BCUT2D eigenvalue weighted by atomic mass is 10.3. The smallest absolute Gasteiger partial charge is 0.323 e. The molecule has 2 aromatic heterocycles. The van der Waals surface area contributed by atoms with Gasteiger partial charge in [0.25, 0.3) is 0 Å². The Kier molecular flexibility index (Phi) is 4.92. The topological polar surface area (TPSA) is 84.1 Å². The third kappa shape index (κ3) is 3.79. The van der Waals surface area contributed by atoms with Gasteiger partial charge in [-0.3, -0.25) is 14.0 Å². The molecule has 0 unspecified atom stereocenters. The second kappa shape index (κ2) is 6.68. The number of fused-ring (bicyclic) bond motifs is 1. The number of rotatable bonds is 7. The Morgan fingerprint density at radius 2 is 2.29 bits per heavy atom. The van der Waals surface area contributed by atoms with Gasteiger partial charge in [0.2, 0.25) is 5.91 Å². The van der Waals surface area contributed by atoms with Crippen molar-refractivity contribution in [2.24, 2.45) is 0 Å². The van der Waals surface area contributed by atoms with Gasteiger partial charge in [0.1, 0.15) is 6.54 Å². The quantitative estimate of drug-likeness (QED) is 0.818. The van der Waals surface area contributed by atoms with E-state index in [1.54, 1.807) is 0 Å². The molecule has 0 saturated carbocycles. The molecule has 0 aliphatic rings. The van der Waals surface area contributed by atoms with Crippen LogP contribution in [0.5, 0.6) is 0 Å². The second-order valence-electron chi connectivity index (χ2n) is 4.64. The number of amides is 1. The van der Waals surface area contributed by atoms with E-state index in [4.69, 9.17) is 9.84 Å². The van der Waals surface area contributed by atoms with Crippen molar-refractivity contribution >= 4 is 28.2 Å². The van der Waals surface area contributed by atoms with Gasteiger partial charge < -0.3 is 14.7 Å².